The molecule has 0 amide bonds. The summed E-state index contributed by atoms with van der Waals surface area (Å²) in [4.78, 5) is 8.32. The molecule has 5 nitrogen and oxygen atoms in total. The molecule has 1 aliphatic rings. The van der Waals surface area contributed by atoms with Gasteiger partial charge >= 0.3 is 7.12 Å². The van der Waals surface area contributed by atoms with Crippen LogP contribution in [-0.2, 0) is 9.31 Å². The van der Waals surface area contributed by atoms with Gasteiger partial charge in [0, 0.05) is 6.20 Å². The molecule has 0 bridgehead atoms. The standard InChI is InChI=1S/C11H17BN2O3/c1-10(2)11(3,4)17-12(16-10)8-6-13-7-9(14-8)15-5/h6-7H,1-5H3. The van der Waals surface area contributed by atoms with Crippen LogP contribution < -0.4 is 10.3 Å². The van der Waals surface area contributed by atoms with Gasteiger partial charge < -0.3 is 14.0 Å². The quantitative estimate of drug-likeness (QED) is 0.710. The number of hydrogen-bond donors (Lipinski definition) is 0. The lowest BCUT2D eigenvalue weighted by atomic mass is 9.85. The van der Waals surface area contributed by atoms with Crippen LogP contribution in [0, 0.1) is 0 Å². The summed E-state index contributed by atoms with van der Waals surface area (Å²) < 4.78 is 16.8. The van der Waals surface area contributed by atoms with E-state index in [1.54, 1.807) is 19.5 Å². The highest BCUT2D eigenvalue weighted by atomic mass is 16.7. The fraction of sp³-hybridized carbons (Fsp3) is 0.636. The maximum atomic E-state index is 5.87. The normalized spacial score (nSPS) is 21.6. The minimum atomic E-state index is -0.498. The van der Waals surface area contributed by atoms with E-state index in [4.69, 9.17) is 14.0 Å². The number of nitrogens with zero attached hydrogens (tertiary/aromatic N) is 2. The van der Waals surface area contributed by atoms with Crippen LogP contribution in [-0.4, -0.2) is 35.4 Å². The second kappa shape index (κ2) is 3.96. The molecule has 1 fully saturated rings. The van der Waals surface area contributed by atoms with Gasteiger partial charge in [0.1, 0.15) is 0 Å². The van der Waals surface area contributed by atoms with E-state index in [9.17, 15) is 0 Å². The Balaban J connectivity index is 2.25. The van der Waals surface area contributed by atoms with E-state index in [0.29, 0.717) is 11.5 Å². The first kappa shape index (κ1) is 12.3. The minimum Gasteiger partial charge on any atom is -0.480 e. The van der Waals surface area contributed by atoms with Crippen LogP contribution in [0.15, 0.2) is 12.4 Å². The fourth-order valence-electron chi connectivity index (χ4n) is 1.54. The molecule has 0 saturated carbocycles. The molecule has 1 saturated heterocycles. The predicted molar refractivity (Wildman–Crippen MR) is 64.3 cm³/mol. The number of aromatic nitrogens is 2. The van der Waals surface area contributed by atoms with Gasteiger partial charge in [0.15, 0.2) is 0 Å². The predicted octanol–water partition coefficient (Wildman–Crippen LogP) is 0.784. The van der Waals surface area contributed by atoms with E-state index in [2.05, 4.69) is 9.97 Å². The Labute approximate surface area is 102 Å². The average molecular weight is 236 g/mol. The van der Waals surface area contributed by atoms with Crippen molar-refractivity contribution in [2.24, 2.45) is 0 Å². The van der Waals surface area contributed by atoms with Gasteiger partial charge in [-0.1, -0.05) is 0 Å². The van der Waals surface area contributed by atoms with E-state index in [-0.39, 0.29) is 11.2 Å². The second-order valence-electron chi connectivity index (χ2n) is 5.07. The smallest absolute Gasteiger partial charge is 0.480 e. The molecule has 0 N–H and O–H groups in total. The summed E-state index contributed by atoms with van der Waals surface area (Å²) in [5.74, 6) is 0.456. The molecule has 0 unspecified atom stereocenters. The Hall–Kier alpha value is -1.14. The van der Waals surface area contributed by atoms with E-state index in [1.807, 2.05) is 27.7 Å². The van der Waals surface area contributed by atoms with Crippen LogP contribution in [0.3, 0.4) is 0 Å². The highest BCUT2D eigenvalue weighted by molar-refractivity contribution is 6.61. The van der Waals surface area contributed by atoms with Gasteiger partial charge in [-0.25, -0.2) is 4.98 Å². The SMILES string of the molecule is COc1cncc(B2OC(C)(C)C(C)(C)O2)n1. The molecule has 0 atom stereocenters. The third-order valence-electron chi connectivity index (χ3n) is 3.33. The summed E-state index contributed by atoms with van der Waals surface area (Å²) in [5.41, 5.74) is -0.117. The zero-order valence-electron chi connectivity index (χ0n) is 10.9. The van der Waals surface area contributed by atoms with Crippen molar-refractivity contribution in [2.75, 3.05) is 7.11 Å². The fourth-order valence-corrected chi connectivity index (χ4v) is 1.54. The van der Waals surface area contributed by atoms with Crippen LogP contribution in [0.2, 0.25) is 0 Å². The number of methoxy groups -OCH3 is 1. The minimum absolute atomic E-state index is 0.373. The maximum absolute atomic E-state index is 5.87. The Morgan fingerprint density at radius 3 is 2.24 bits per heavy atom. The summed E-state index contributed by atoms with van der Waals surface area (Å²) in [6.45, 7) is 8.00. The van der Waals surface area contributed by atoms with Crippen LogP contribution in [0.4, 0.5) is 0 Å². The molecular weight excluding hydrogens is 219 g/mol. The molecule has 0 radical (unpaired) electrons. The van der Waals surface area contributed by atoms with Crippen molar-refractivity contribution < 1.29 is 14.0 Å². The van der Waals surface area contributed by atoms with Crippen molar-refractivity contribution >= 4 is 12.7 Å². The Bertz CT molecular complexity index is 407. The van der Waals surface area contributed by atoms with Crippen molar-refractivity contribution in [3.8, 4) is 5.88 Å². The molecule has 2 rings (SSSR count). The van der Waals surface area contributed by atoms with Gasteiger partial charge in [-0.3, -0.25) is 4.98 Å². The molecular formula is C11H17BN2O3. The lowest BCUT2D eigenvalue weighted by Crippen LogP contribution is -2.41. The topological polar surface area (TPSA) is 53.5 Å². The van der Waals surface area contributed by atoms with Crippen molar-refractivity contribution in [1.29, 1.82) is 0 Å². The van der Waals surface area contributed by atoms with Crippen molar-refractivity contribution in [1.82, 2.24) is 9.97 Å². The Kier molecular flexibility index (Phi) is 2.87. The molecule has 1 aromatic rings. The molecule has 92 valence electrons. The summed E-state index contributed by atoms with van der Waals surface area (Å²) in [5, 5.41) is 0. The van der Waals surface area contributed by atoms with Crippen LogP contribution in [0.5, 0.6) is 5.88 Å². The van der Waals surface area contributed by atoms with Gasteiger partial charge in [-0.05, 0) is 27.7 Å². The largest absolute Gasteiger partial charge is 0.516 e. The first-order valence-electron chi connectivity index (χ1n) is 5.57. The summed E-state index contributed by atoms with van der Waals surface area (Å²) in [6.07, 6.45) is 3.18. The van der Waals surface area contributed by atoms with Gasteiger partial charge in [0.25, 0.3) is 0 Å². The summed E-state index contributed by atoms with van der Waals surface area (Å²) in [7, 11) is 1.06. The molecule has 0 spiro atoms. The maximum Gasteiger partial charge on any atom is 0.516 e. The zero-order chi connectivity index (χ0) is 12.7. The second-order valence-corrected chi connectivity index (χ2v) is 5.07. The lowest BCUT2D eigenvalue weighted by molar-refractivity contribution is 0.00578. The van der Waals surface area contributed by atoms with E-state index >= 15 is 0 Å². The number of rotatable bonds is 2. The van der Waals surface area contributed by atoms with Gasteiger partial charge in [-0.15, -0.1) is 0 Å². The molecule has 1 aliphatic heterocycles. The lowest BCUT2D eigenvalue weighted by Gasteiger charge is -2.32. The van der Waals surface area contributed by atoms with Crippen LogP contribution in [0.25, 0.3) is 0 Å². The molecule has 1 aromatic heterocycles. The molecule has 6 heteroatoms. The Morgan fingerprint density at radius 2 is 1.71 bits per heavy atom. The third kappa shape index (κ3) is 2.15. The summed E-state index contributed by atoms with van der Waals surface area (Å²) in [6, 6.07) is 0. The number of ether oxygens (including phenoxy) is 1. The number of hydrogen-bond acceptors (Lipinski definition) is 5. The average Bonchev–Trinajstić information content (AvgIpc) is 2.48. The van der Waals surface area contributed by atoms with Crippen molar-refractivity contribution in [2.45, 2.75) is 38.9 Å². The van der Waals surface area contributed by atoms with Crippen molar-refractivity contribution in [3.05, 3.63) is 12.4 Å². The summed E-state index contributed by atoms with van der Waals surface area (Å²) >= 11 is 0. The molecule has 2 heterocycles. The Morgan fingerprint density at radius 1 is 1.12 bits per heavy atom. The van der Waals surface area contributed by atoms with Gasteiger partial charge in [0.05, 0.1) is 30.1 Å². The van der Waals surface area contributed by atoms with Gasteiger partial charge in [0.2, 0.25) is 5.88 Å². The first-order chi connectivity index (χ1) is 7.86. The molecule has 0 aliphatic carbocycles. The zero-order valence-corrected chi connectivity index (χ0v) is 10.9. The first-order valence-corrected chi connectivity index (χ1v) is 5.57. The van der Waals surface area contributed by atoms with Gasteiger partial charge in [-0.2, -0.15) is 0 Å². The van der Waals surface area contributed by atoms with E-state index < -0.39 is 7.12 Å². The third-order valence-corrected chi connectivity index (χ3v) is 3.33. The highest BCUT2D eigenvalue weighted by Gasteiger charge is 2.52. The highest BCUT2D eigenvalue weighted by Crippen LogP contribution is 2.36. The van der Waals surface area contributed by atoms with Crippen LogP contribution >= 0.6 is 0 Å². The van der Waals surface area contributed by atoms with E-state index in [0.717, 1.165) is 0 Å². The van der Waals surface area contributed by atoms with Crippen molar-refractivity contribution in [3.63, 3.8) is 0 Å². The van der Waals surface area contributed by atoms with Crippen LogP contribution in [0.1, 0.15) is 27.7 Å². The molecule has 0 aromatic carbocycles. The molecule has 17 heavy (non-hydrogen) atoms. The monoisotopic (exact) mass is 236 g/mol. The van der Waals surface area contributed by atoms with E-state index in [1.165, 1.54) is 0 Å².